The SMILES string of the molecule is Cn1c2cc(-c3ccc(N=C(C#N)C#N)s3)sc2c2sc3c4sc(-c5ccc(N=C(C#N)C#N)s5)cc4n(C)c3c21. The van der Waals surface area contributed by atoms with Gasteiger partial charge in [0.1, 0.15) is 34.3 Å². The molecule has 0 saturated carbocycles. The molecule has 8 nitrogen and oxygen atoms in total. The Morgan fingerprint density at radius 3 is 1.37 bits per heavy atom. The molecule has 0 bridgehead atoms. The number of aryl methyl sites for hydroxylation is 2. The summed E-state index contributed by atoms with van der Waals surface area (Å²) in [6.45, 7) is 0. The highest BCUT2D eigenvalue weighted by atomic mass is 32.1. The van der Waals surface area contributed by atoms with Crippen LogP contribution in [0.25, 0.3) is 60.4 Å². The molecule has 194 valence electrons. The maximum Gasteiger partial charge on any atom is 0.219 e. The molecule has 41 heavy (non-hydrogen) atoms. The summed E-state index contributed by atoms with van der Waals surface area (Å²) in [7, 11) is 4.22. The number of hydrogen-bond acceptors (Lipinski definition) is 11. The Hall–Kier alpha value is -4.60. The maximum atomic E-state index is 9.02. The van der Waals surface area contributed by atoms with Gasteiger partial charge in [0.15, 0.2) is 0 Å². The molecule has 0 spiro atoms. The van der Waals surface area contributed by atoms with Crippen LogP contribution < -0.4 is 0 Å². The topological polar surface area (TPSA) is 130 Å². The fourth-order valence-electron chi connectivity index (χ4n) is 4.82. The number of thiophene rings is 5. The molecule has 0 atom stereocenters. The molecule has 0 aliphatic rings. The van der Waals surface area contributed by atoms with E-state index >= 15 is 0 Å². The Morgan fingerprint density at radius 2 is 0.976 bits per heavy atom. The van der Waals surface area contributed by atoms with Gasteiger partial charge in [-0.25, -0.2) is 9.98 Å². The minimum Gasteiger partial charge on any atom is -0.340 e. The van der Waals surface area contributed by atoms with Crippen molar-refractivity contribution in [3.8, 4) is 43.8 Å². The number of hydrogen-bond donors (Lipinski definition) is 0. The predicted octanol–water partition coefficient (Wildman–Crippen LogP) is 8.86. The van der Waals surface area contributed by atoms with Gasteiger partial charge in [0.2, 0.25) is 11.4 Å². The van der Waals surface area contributed by atoms with Gasteiger partial charge in [-0.3, -0.25) is 0 Å². The third-order valence-corrected chi connectivity index (χ3v) is 12.7. The first-order valence-corrected chi connectivity index (χ1v) is 15.9. The summed E-state index contributed by atoms with van der Waals surface area (Å²) in [5.74, 6) is 0. The van der Waals surface area contributed by atoms with E-state index in [0.717, 1.165) is 19.5 Å². The second-order valence-corrected chi connectivity index (χ2v) is 14.1. The van der Waals surface area contributed by atoms with Gasteiger partial charge in [-0.05, 0) is 36.4 Å². The van der Waals surface area contributed by atoms with Crippen molar-refractivity contribution in [2.75, 3.05) is 0 Å². The third kappa shape index (κ3) is 3.84. The Bertz CT molecular complexity index is 2250. The Balaban J connectivity index is 1.33. The van der Waals surface area contributed by atoms with E-state index in [9.17, 15) is 0 Å². The van der Waals surface area contributed by atoms with Crippen LogP contribution in [-0.2, 0) is 14.1 Å². The summed E-state index contributed by atoms with van der Waals surface area (Å²) in [5, 5.41) is 37.4. The highest BCUT2D eigenvalue weighted by molar-refractivity contribution is 7.36. The summed E-state index contributed by atoms with van der Waals surface area (Å²) in [6.07, 6.45) is 0. The van der Waals surface area contributed by atoms with Crippen LogP contribution in [0, 0.1) is 45.3 Å². The zero-order chi connectivity index (χ0) is 28.4. The molecule has 0 N–H and O–H groups in total. The van der Waals surface area contributed by atoms with Crippen LogP contribution in [0.3, 0.4) is 0 Å². The molecule has 0 unspecified atom stereocenters. The van der Waals surface area contributed by atoms with Crippen molar-refractivity contribution in [1.82, 2.24) is 9.13 Å². The standard InChI is InChI=1S/C28H12N8S5/c1-35-15-7-19(17-3-5-21(37-17)33-13(9-29)10-30)39-25(15)27-23(35)24-28(41-27)26-16(36(24)2)8-20(40-26)18-4-6-22(38-18)34-14(11-31)12-32/h3-8H,1-2H3. The monoisotopic (exact) mass is 620 g/mol. The average Bonchev–Trinajstić information content (AvgIpc) is 3.82. The van der Waals surface area contributed by atoms with Crippen molar-refractivity contribution >= 4 is 119 Å². The number of rotatable bonds is 4. The van der Waals surface area contributed by atoms with Crippen LogP contribution in [0.4, 0.5) is 10.0 Å². The Morgan fingerprint density at radius 1 is 0.561 bits per heavy atom. The molecule has 0 saturated heterocycles. The molecule has 0 amide bonds. The van der Waals surface area contributed by atoms with E-state index in [2.05, 4.69) is 45.3 Å². The van der Waals surface area contributed by atoms with E-state index < -0.39 is 0 Å². The van der Waals surface area contributed by atoms with E-state index in [1.165, 1.54) is 63.5 Å². The van der Waals surface area contributed by atoms with E-state index in [1.54, 1.807) is 22.7 Å². The molecule has 0 aromatic carbocycles. The molecular weight excluding hydrogens is 609 g/mol. The van der Waals surface area contributed by atoms with E-state index in [0.29, 0.717) is 10.0 Å². The lowest BCUT2D eigenvalue weighted by molar-refractivity contribution is 0.989. The molecule has 0 radical (unpaired) electrons. The highest BCUT2D eigenvalue weighted by Crippen LogP contribution is 2.51. The Kier molecular flexibility index (Phi) is 5.88. The van der Waals surface area contributed by atoms with Crippen molar-refractivity contribution in [2.45, 2.75) is 0 Å². The van der Waals surface area contributed by atoms with Crippen LogP contribution in [0.5, 0.6) is 0 Å². The maximum absolute atomic E-state index is 9.02. The minimum atomic E-state index is -0.148. The number of fused-ring (bicyclic) bond motifs is 7. The zero-order valence-corrected chi connectivity index (χ0v) is 25.2. The molecule has 0 aliphatic carbocycles. The summed E-state index contributed by atoms with van der Waals surface area (Å²) >= 11 is 8.25. The van der Waals surface area contributed by atoms with Crippen LogP contribution in [0.15, 0.2) is 46.4 Å². The minimum absolute atomic E-state index is 0.148. The summed E-state index contributed by atoms with van der Waals surface area (Å²) < 4.78 is 9.54. The Labute approximate surface area is 252 Å². The van der Waals surface area contributed by atoms with E-state index in [-0.39, 0.29) is 11.4 Å². The van der Waals surface area contributed by atoms with Gasteiger partial charge in [-0.1, -0.05) is 0 Å². The third-order valence-electron chi connectivity index (χ3n) is 6.63. The van der Waals surface area contributed by atoms with Gasteiger partial charge in [0.25, 0.3) is 0 Å². The molecule has 13 heteroatoms. The van der Waals surface area contributed by atoms with Gasteiger partial charge in [0, 0.05) is 33.6 Å². The average molecular weight is 621 g/mol. The molecule has 7 rings (SSSR count). The quantitative estimate of drug-likeness (QED) is 0.182. The van der Waals surface area contributed by atoms with Crippen molar-refractivity contribution < 1.29 is 0 Å². The van der Waals surface area contributed by atoms with Crippen LogP contribution >= 0.6 is 56.7 Å². The first kappa shape index (κ1) is 25.4. The first-order chi connectivity index (χ1) is 19.9. The molecule has 0 fully saturated rings. The predicted molar refractivity (Wildman–Crippen MR) is 171 cm³/mol. The zero-order valence-electron chi connectivity index (χ0n) is 21.1. The van der Waals surface area contributed by atoms with E-state index in [4.69, 9.17) is 21.0 Å². The molecule has 7 aromatic rings. The van der Waals surface area contributed by atoms with Gasteiger partial charge < -0.3 is 9.13 Å². The van der Waals surface area contributed by atoms with Gasteiger partial charge in [-0.2, -0.15) is 21.0 Å². The second kappa shape index (κ2) is 9.50. The lowest BCUT2D eigenvalue weighted by Gasteiger charge is -1.99. The summed E-state index contributed by atoms with van der Waals surface area (Å²) in [5.41, 5.74) is 4.50. The van der Waals surface area contributed by atoms with Crippen LogP contribution in [0.2, 0.25) is 0 Å². The van der Waals surface area contributed by atoms with Crippen LogP contribution in [-0.4, -0.2) is 20.6 Å². The largest absolute Gasteiger partial charge is 0.340 e. The first-order valence-electron chi connectivity index (χ1n) is 11.8. The number of nitriles is 4. The number of aliphatic imine (C=N–C) groups is 2. The van der Waals surface area contributed by atoms with Gasteiger partial charge >= 0.3 is 0 Å². The fourth-order valence-corrected chi connectivity index (χ4v) is 10.8. The van der Waals surface area contributed by atoms with Crippen LogP contribution in [0.1, 0.15) is 0 Å². The lowest BCUT2D eigenvalue weighted by Crippen LogP contribution is -1.90. The summed E-state index contributed by atoms with van der Waals surface area (Å²) in [6, 6.07) is 19.3. The smallest absolute Gasteiger partial charge is 0.219 e. The van der Waals surface area contributed by atoms with Crippen molar-refractivity contribution in [1.29, 1.82) is 21.0 Å². The van der Waals surface area contributed by atoms with Crippen molar-refractivity contribution in [3.63, 3.8) is 0 Å². The second-order valence-electron chi connectivity index (χ2n) is 8.87. The molecule has 0 aliphatic heterocycles. The lowest BCUT2D eigenvalue weighted by atomic mass is 10.3. The molecular formula is C28H12N8S5. The van der Waals surface area contributed by atoms with E-state index in [1.807, 2.05) is 59.9 Å². The van der Waals surface area contributed by atoms with Gasteiger partial charge in [0.05, 0.1) is 40.9 Å². The molecule has 7 heterocycles. The highest BCUT2D eigenvalue weighted by Gasteiger charge is 2.24. The summed E-state index contributed by atoms with van der Waals surface area (Å²) in [4.78, 5) is 12.6. The fraction of sp³-hybridized carbons (Fsp3) is 0.0714. The van der Waals surface area contributed by atoms with Crippen molar-refractivity contribution in [3.05, 3.63) is 36.4 Å². The number of aromatic nitrogens is 2. The van der Waals surface area contributed by atoms with Gasteiger partial charge in [-0.15, -0.1) is 56.7 Å². The van der Waals surface area contributed by atoms with Crippen molar-refractivity contribution in [2.24, 2.45) is 24.1 Å². The number of nitrogens with zero attached hydrogens (tertiary/aromatic N) is 8. The molecule has 7 aromatic heterocycles. The normalized spacial score (nSPS) is 11.1.